The summed E-state index contributed by atoms with van der Waals surface area (Å²) < 4.78 is 5.61. The number of imide groups is 1. The van der Waals surface area contributed by atoms with E-state index in [9.17, 15) is 19.2 Å². The Morgan fingerprint density at radius 3 is 2.18 bits per heavy atom. The third-order valence-corrected chi connectivity index (χ3v) is 7.30. The lowest BCUT2D eigenvalue weighted by Gasteiger charge is -2.21. The van der Waals surface area contributed by atoms with Gasteiger partial charge in [0.1, 0.15) is 5.75 Å². The van der Waals surface area contributed by atoms with Crippen LogP contribution in [0.1, 0.15) is 43.2 Å². The number of fused-ring (bicyclic) bond motifs is 1. The van der Waals surface area contributed by atoms with Crippen LogP contribution in [0.3, 0.4) is 0 Å². The molecule has 0 bridgehead atoms. The molecule has 1 aliphatic carbocycles. The van der Waals surface area contributed by atoms with Crippen molar-refractivity contribution in [3.8, 4) is 5.75 Å². The van der Waals surface area contributed by atoms with Crippen LogP contribution in [-0.4, -0.2) is 30.2 Å². The molecular formula is C27H28N2O5. The van der Waals surface area contributed by atoms with Gasteiger partial charge in [-0.05, 0) is 49.9 Å². The molecule has 34 heavy (non-hydrogen) atoms. The van der Waals surface area contributed by atoms with Gasteiger partial charge in [-0.25, -0.2) is 4.90 Å². The van der Waals surface area contributed by atoms with Crippen molar-refractivity contribution >= 4 is 35.1 Å². The minimum Gasteiger partial charge on any atom is -0.426 e. The number of ether oxygens (including phenoxy) is 1. The predicted octanol–water partition coefficient (Wildman–Crippen LogP) is 3.94. The molecule has 2 aliphatic heterocycles. The van der Waals surface area contributed by atoms with Crippen LogP contribution in [-0.2, 0) is 19.2 Å². The average molecular weight is 461 g/mol. The second kappa shape index (κ2) is 8.70. The molecule has 1 saturated carbocycles. The van der Waals surface area contributed by atoms with Crippen LogP contribution in [0.5, 0.6) is 5.75 Å². The van der Waals surface area contributed by atoms with E-state index < -0.39 is 11.9 Å². The molecule has 2 aromatic carbocycles. The smallest absolute Gasteiger partial charge is 0.316 e. The Morgan fingerprint density at radius 2 is 1.53 bits per heavy atom. The van der Waals surface area contributed by atoms with E-state index in [4.69, 9.17) is 4.74 Å². The fourth-order valence-corrected chi connectivity index (χ4v) is 5.62. The van der Waals surface area contributed by atoms with Gasteiger partial charge < -0.3 is 9.64 Å². The zero-order chi connectivity index (χ0) is 24.0. The lowest BCUT2D eigenvalue weighted by Crippen LogP contribution is -2.31. The van der Waals surface area contributed by atoms with E-state index in [2.05, 4.69) is 0 Å². The van der Waals surface area contributed by atoms with Crippen LogP contribution in [0.2, 0.25) is 0 Å². The summed E-state index contributed by atoms with van der Waals surface area (Å²) in [4.78, 5) is 54.4. The van der Waals surface area contributed by atoms with Gasteiger partial charge in [0.05, 0.1) is 23.4 Å². The maximum absolute atomic E-state index is 12.9. The van der Waals surface area contributed by atoms with Gasteiger partial charge in [-0.2, -0.15) is 0 Å². The van der Waals surface area contributed by atoms with E-state index in [-0.39, 0.29) is 48.3 Å². The van der Waals surface area contributed by atoms with Gasteiger partial charge in [-0.3, -0.25) is 19.2 Å². The Kier molecular flexibility index (Phi) is 5.71. The van der Waals surface area contributed by atoms with E-state index in [1.807, 2.05) is 32.0 Å². The Bertz CT molecular complexity index is 1150. The van der Waals surface area contributed by atoms with E-state index in [1.165, 1.54) is 4.90 Å². The van der Waals surface area contributed by atoms with E-state index in [0.717, 1.165) is 42.5 Å². The highest BCUT2D eigenvalue weighted by atomic mass is 16.5. The highest BCUT2D eigenvalue weighted by Gasteiger charge is 2.48. The fourth-order valence-electron chi connectivity index (χ4n) is 5.62. The van der Waals surface area contributed by atoms with E-state index in [1.54, 1.807) is 29.2 Å². The van der Waals surface area contributed by atoms with Crippen molar-refractivity contribution in [1.82, 2.24) is 0 Å². The number of hydrogen-bond donors (Lipinski definition) is 0. The second-order valence-electron chi connectivity index (χ2n) is 9.57. The molecule has 5 rings (SSSR count). The number of benzene rings is 2. The lowest BCUT2D eigenvalue weighted by molar-refractivity contribution is -0.139. The molecule has 0 N–H and O–H groups in total. The Morgan fingerprint density at radius 1 is 0.912 bits per heavy atom. The summed E-state index contributed by atoms with van der Waals surface area (Å²) >= 11 is 0. The summed E-state index contributed by atoms with van der Waals surface area (Å²) in [6.45, 7) is 4.16. The number of aryl methyl sites for hydroxylation is 2. The van der Waals surface area contributed by atoms with Gasteiger partial charge >= 0.3 is 5.97 Å². The zero-order valence-corrected chi connectivity index (χ0v) is 19.5. The molecule has 0 radical (unpaired) electrons. The number of nitrogens with zero attached hydrogens (tertiary/aromatic N) is 2. The SMILES string of the molecule is Cc1cccc(C)c1N1C[C@H](C(=O)Oc2cccc(N3C(=O)[C@@H]4CCCC[C@H]4C3=O)c2)CC1=O. The molecule has 0 aromatic heterocycles. The molecule has 7 heteroatoms. The highest BCUT2D eigenvalue weighted by molar-refractivity contribution is 6.22. The van der Waals surface area contributed by atoms with Crippen LogP contribution < -0.4 is 14.5 Å². The summed E-state index contributed by atoms with van der Waals surface area (Å²) in [5, 5.41) is 0. The number of esters is 1. The summed E-state index contributed by atoms with van der Waals surface area (Å²) in [5.41, 5.74) is 3.23. The quantitative estimate of drug-likeness (QED) is 0.392. The molecule has 0 unspecified atom stereocenters. The van der Waals surface area contributed by atoms with Crippen molar-refractivity contribution in [1.29, 1.82) is 0 Å². The first-order chi connectivity index (χ1) is 16.3. The molecule has 2 saturated heterocycles. The van der Waals surface area contributed by atoms with Crippen LogP contribution in [0.25, 0.3) is 0 Å². The fraction of sp³-hybridized carbons (Fsp3) is 0.407. The van der Waals surface area contributed by atoms with Gasteiger partial charge in [0.15, 0.2) is 0 Å². The maximum Gasteiger partial charge on any atom is 0.316 e. The lowest BCUT2D eigenvalue weighted by atomic mass is 9.81. The number of anilines is 2. The van der Waals surface area contributed by atoms with Crippen molar-refractivity contribution in [2.24, 2.45) is 17.8 Å². The first-order valence-electron chi connectivity index (χ1n) is 11.9. The number of amides is 3. The first-order valence-corrected chi connectivity index (χ1v) is 11.9. The van der Waals surface area contributed by atoms with Crippen molar-refractivity contribution in [2.75, 3.05) is 16.3 Å². The molecule has 3 fully saturated rings. The molecule has 3 amide bonds. The number of para-hydroxylation sites is 1. The van der Waals surface area contributed by atoms with Crippen LogP contribution in [0.15, 0.2) is 42.5 Å². The number of carbonyl (C=O) groups excluding carboxylic acids is 4. The number of rotatable bonds is 4. The van der Waals surface area contributed by atoms with Crippen molar-refractivity contribution < 1.29 is 23.9 Å². The molecule has 3 atom stereocenters. The predicted molar refractivity (Wildman–Crippen MR) is 126 cm³/mol. The molecular weight excluding hydrogens is 432 g/mol. The standard InChI is InChI=1S/C27H28N2O5/c1-16-7-5-8-17(2)24(16)28-15-18(13-23(28)30)27(33)34-20-10-6-9-19(14-20)29-25(31)21-11-3-4-12-22(21)26(29)32/h5-10,14,18,21-22H,3-4,11-13,15H2,1-2H3/t18-,21-,22-/m1/s1. The molecule has 0 spiro atoms. The third-order valence-electron chi connectivity index (χ3n) is 7.30. The Hall–Kier alpha value is -3.48. The van der Waals surface area contributed by atoms with Crippen LogP contribution in [0.4, 0.5) is 11.4 Å². The summed E-state index contributed by atoms with van der Waals surface area (Å²) in [5.74, 6) is -1.74. The van der Waals surface area contributed by atoms with Gasteiger partial charge in [0, 0.05) is 24.7 Å². The molecule has 7 nitrogen and oxygen atoms in total. The Labute approximate surface area is 198 Å². The van der Waals surface area contributed by atoms with Gasteiger partial charge in [-0.1, -0.05) is 37.1 Å². The Balaban J connectivity index is 1.31. The molecule has 2 aromatic rings. The minimum absolute atomic E-state index is 0.0821. The first kappa shape index (κ1) is 22.3. The monoisotopic (exact) mass is 460 g/mol. The average Bonchev–Trinajstić information content (AvgIpc) is 3.32. The van der Waals surface area contributed by atoms with Crippen molar-refractivity contribution in [2.45, 2.75) is 46.0 Å². The molecule has 2 heterocycles. The van der Waals surface area contributed by atoms with Gasteiger partial charge in [0.25, 0.3) is 0 Å². The van der Waals surface area contributed by atoms with Crippen molar-refractivity contribution in [3.05, 3.63) is 53.6 Å². The number of carbonyl (C=O) groups is 4. The third kappa shape index (κ3) is 3.79. The molecule has 176 valence electrons. The second-order valence-corrected chi connectivity index (χ2v) is 9.57. The summed E-state index contributed by atoms with van der Waals surface area (Å²) in [6, 6.07) is 12.4. The minimum atomic E-state index is -0.590. The van der Waals surface area contributed by atoms with Gasteiger partial charge in [-0.15, -0.1) is 0 Å². The molecule has 3 aliphatic rings. The van der Waals surface area contributed by atoms with Crippen LogP contribution in [0, 0.1) is 31.6 Å². The maximum atomic E-state index is 12.9. The number of hydrogen-bond acceptors (Lipinski definition) is 5. The van der Waals surface area contributed by atoms with E-state index >= 15 is 0 Å². The van der Waals surface area contributed by atoms with Crippen molar-refractivity contribution in [3.63, 3.8) is 0 Å². The normalized spacial score (nSPS) is 24.5. The zero-order valence-electron chi connectivity index (χ0n) is 19.5. The highest BCUT2D eigenvalue weighted by Crippen LogP contribution is 2.40. The summed E-state index contributed by atoms with van der Waals surface area (Å²) in [7, 11) is 0. The van der Waals surface area contributed by atoms with Crippen LogP contribution >= 0.6 is 0 Å². The largest absolute Gasteiger partial charge is 0.426 e. The van der Waals surface area contributed by atoms with Gasteiger partial charge in [0.2, 0.25) is 17.7 Å². The summed E-state index contributed by atoms with van der Waals surface area (Å²) in [6.07, 6.45) is 3.49. The topological polar surface area (TPSA) is 84.0 Å². The van der Waals surface area contributed by atoms with E-state index in [0.29, 0.717) is 5.69 Å².